The smallest absolute Gasteiger partial charge is 0.0589 e. The van der Waals surface area contributed by atoms with Gasteiger partial charge in [0.05, 0.1) is 10.7 Å². The Morgan fingerprint density at radius 2 is 1.94 bits per heavy atom. The van der Waals surface area contributed by atoms with Gasteiger partial charge in [-0.2, -0.15) is 0 Å². The summed E-state index contributed by atoms with van der Waals surface area (Å²) in [7, 11) is 0. The molecule has 2 nitrogen and oxygen atoms in total. The van der Waals surface area contributed by atoms with E-state index in [4.69, 9.17) is 11.6 Å². The van der Waals surface area contributed by atoms with Gasteiger partial charge in [-0.3, -0.25) is 4.98 Å². The molecule has 18 heavy (non-hydrogen) atoms. The molecule has 0 spiro atoms. The number of nitrogens with one attached hydrogen (secondary N) is 1. The Kier molecular flexibility index (Phi) is 8.03. The van der Waals surface area contributed by atoms with Crippen LogP contribution in [0.15, 0.2) is 18.3 Å². The number of hydrogen-bond acceptors (Lipinski definition) is 2. The lowest BCUT2D eigenvalue weighted by Crippen LogP contribution is -2.21. The Labute approximate surface area is 116 Å². The minimum absolute atomic E-state index is 0.369. The zero-order valence-electron chi connectivity index (χ0n) is 11.6. The van der Waals surface area contributed by atoms with E-state index in [0.29, 0.717) is 11.1 Å². The van der Waals surface area contributed by atoms with Gasteiger partial charge >= 0.3 is 0 Å². The number of nitrogens with zero attached hydrogens (tertiary/aromatic N) is 1. The second kappa shape index (κ2) is 9.35. The highest BCUT2D eigenvalue weighted by Gasteiger charge is 2.10. The van der Waals surface area contributed by atoms with Crippen LogP contribution in [0, 0.1) is 0 Å². The molecule has 1 unspecified atom stereocenters. The zero-order valence-corrected chi connectivity index (χ0v) is 12.3. The first-order chi connectivity index (χ1) is 8.77. The predicted octanol–water partition coefficient (Wildman–Crippen LogP) is 4.75. The molecule has 1 N–H and O–H groups in total. The monoisotopic (exact) mass is 268 g/mol. The molecule has 0 fully saturated rings. The maximum absolute atomic E-state index is 5.87. The first-order valence-corrected chi connectivity index (χ1v) is 7.50. The molecule has 0 bridgehead atoms. The molecule has 1 aromatic heterocycles. The van der Waals surface area contributed by atoms with Crippen LogP contribution in [0.3, 0.4) is 0 Å². The third-order valence-corrected chi connectivity index (χ3v) is 3.38. The largest absolute Gasteiger partial charge is 0.309 e. The highest BCUT2D eigenvalue weighted by atomic mass is 35.5. The summed E-state index contributed by atoms with van der Waals surface area (Å²) in [5.41, 5.74) is 1.11. The van der Waals surface area contributed by atoms with Gasteiger partial charge in [-0.05, 0) is 25.1 Å². The van der Waals surface area contributed by atoms with Crippen molar-refractivity contribution < 1.29 is 0 Å². The van der Waals surface area contributed by atoms with Crippen LogP contribution < -0.4 is 5.32 Å². The fraction of sp³-hybridized carbons (Fsp3) is 0.667. The Morgan fingerprint density at radius 1 is 1.17 bits per heavy atom. The number of rotatable bonds is 9. The van der Waals surface area contributed by atoms with Crippen molar-refractivity contribution in [3.8, 4) is 0 Å². The van der Waals surface area contributed by atoms with E-state index in [2.05, 4.69) is 24.1 Å². The van der Waals surface area contributed by atoms with Gasteiger partial charge in [-0.1, -0.05) is 57.6 Å². The van der Waals surface area contributed by atoms with Gasteiger partial charge in [0.1, 0.15) is 0 Å². The minimum atomic E-state index is 0.369. The molecular formula is C15H25ClN2. The highest BCUT2D eigenvalue weighted by Crippen LogP contribution is 2.19. The van der Waals surface area contributed by atoms with Crippen molar-refractivity contribution in [1.29, 1.82) is 0 Å². The summed E-state index contributed by atoms with van der Waals surface area (Å²) >= 11 is 5.87. The average Bonchev–Trinajstić information content (AvgIpc) is 2.38. The van der Waals surface area contributed by atoms with Crippen LogP contribution in [-0.2, 0) is 0 Å². The topological polar surface area (TPSA) is 24.9 Å². The van der Waals surface area contributed by atoms with Crippen molar-refractivity contribution in [1.82, 2.24) is 10.3 Å². The molecule has 1 atom stereocenters. The van der Waals surface area contributed by atoms with E-state index in [1.165, 1.54) is 32.1 Å². The number of halogens is 1. The molecule has 0 aromatic carbocycles. The maximum atomic E-state index is 5.87. The van der Waals surface area contributed by atoms with E-state index in [9.17, 15) is 0 Å². The summed E-state index contributed by atoms with van der Waals surface area (Å²) in [5, 5.41) is 4.21. The molecule has 1 aromatic rings. The predicted molar refractivity (Wildman–Crippen MR) is 79.0 cm³/mol. The third-order valence-electron chi connectivity index (χ3n) is 3.15. The molecule has 0 saturated heterocycles. The van der Waals surface area contributed by atoms with E-state index >= 15 is 0 Å². The lowest BCUT2D eigenvalue weighted by molar-refractivity contribution is 0.470. The first-order valence-electron chi connectivity index (χ1n) is 7.12. The number of pyridine rings is 1. The Balaban J connectivity index is 2.41. The lowest BCUT2D eigenvalue weighted by atomic mass is 10.0. The molecule has 102 valence electrons. The van der Waals surface area contributed by atoms with Crippen LogP contribution in [-0.4, -0.2) is 11.5 Å². The van der Waals surface area contributed by atoms with Gasteiger partial charge in [-0.25, -0.2) is 0 Å². The van der Waals surface area contributed by atoms with E-state index in [0.717, 1.165) is 18.7 Å². The second-order valence-corrected chi connectivity index (χ2v) is 5.15. The molecule has 0 radical (unpaired) electrons. The fourth-order valence-corrected chi connectivity index (χ4v) is 2.26. The fourth-order valence-electron chi connectivity index (χ4n) is 2.15. The Hall–Kier alpha value is -0.600. The normalized spacial score (nSPS) is 12.6. The van der Waals surface area contributed by atoms with E-state index in [1.807, 2.05) is 12.1 Å². The number of unbranched alkanes of at least 4 members (excludes halogenated alkanes) is 4. The van der Waals surface area contributed by atoms with Gasteiger partial charge in [0.15, 0.2) is 0 Å². The quantitative estimate of drug-likeness (QED) is 0.654. The molecule has 0 aliphatic heterocycles. The first kappa shape index (κ1) is 15.5. The van der Waals surface area contributed by atoms with Crippen LogP contribution in [0.2, 0.25) is 5.02 Å². The molecular weight excluding hydrogens is 244 g/mol. The number of aromatic nitrogens is 1. The van der Waals surface area contributed by atoms with Gasteiger partial charge < -0.3 is 5.32 Å². The second-order valence-electron chi connectivity index (χ2n) is 4.71. The molecule has 0 aliphatic carbocycles. The summed E-state index contributed by atoms with van der Waals surface area (Å²) in [6, 6.07) is 4.32. The van der Waals surface area contributed by atoms with Crippen LogP contribution in [0.4, 0.5) is 0 Å². The molecule has 0 aliphatic rings. The van der Waals surface area contributed by atoms with Gasteiger partial charge in [-0.15, -0.1) is 0 Å². The molecule has 1 rings (SSSR count). The van der Waals surface area contributed by atoms with Crippen molar-refractivity contribution in [2.24, 2.45) is 0 Å². The minimum Gasteiger partial charge on any atom is -0.309 e. The SMILES string of the molecule is CCCCCCCC(NCC)c1ccc(Cl)cn1. The third kappa shape index (κ3) is 5.83. The van der Waals surface area contributed by atoms with Crippen LogP contribution >= 0.6 is 11.6 Å². The van der Waals surface area contributed by atoms with Gasteiger partial charge in [0.2, 0.25) is 0 Å². The Morgan fingerprint density at radius 3 is 2.56 bits per heavy atom. The van der Waals surface area contributed by atoms with E-state index < -0.39 is 0 Å². The number of hydrogen-bond donors (Lipinski definition) is 1. The molecule has 1 heterocycles. The summed E-state index contributed by atoms with van der Waals surface area (Å²) in [4.78, 5) is 4.42. The summed E-state index contributed by atoms with van der Waals surface area (Å²) < 4.78 is 0. The summed E-state index contributed by atoms with van der Waals surface area (Å²) in [6.45, 7) is 5.36. The highest BCUT2D eigenvalue weighted by molar-refractivity contribution is 6.30. The molecule has 3 heteroatoms. The summed E-state index contributed by atoms with van der Waals surface area (Å²) in [5.74, 6) is 0. The maximum Gasteiger partial charge on any atom is 0.0589 e. The van der Waals surface area contributed by atoms with Gasteiger partial charge in [0, 0.05) is 12.2 Å². The lowest BCUT2D eigenvalue weighted by Gasteiger charge is -2.17. The van der Waals surface area contributed by atoms with Crippen LogP contribution in [0.5, 0.6) is 0 Å². The summed E-state index contributed by atoms with van der Waals surface area (Å²) in [6.07, 6.45) is 9.49. The van der Waals surface area contributed by atoms with Crippen LogP contribution in [0.25, 0.3) is 0 Å². The van der Waals surface area contributed by atoms with Crippen molar-refractivity contribution in [2.45, 2.75) is 58.4 Å². The van der Waals surface area contributed by atoms with Crippen molar-refractivity contribution in [3.05, 3.63) is 29.0 Å². The van der Waals surface area contributed by atoms with Crippen molar-refractivity contribution in [3.63, 3.8) is 0 Å². The van der Waals surface area contributed by atoms with Crippen LogP contribution in [0.1, 0.15) is 64.1 Å². The Bertz CT molecular complexity index is 311. The zero-order chi connectivity index (χ0) is 13.2. The molecule has 0 saturated carbocycles. The average molecular weight is 269 g/mol. The van der Waals surface area contributed by atoms with Crippen molar-refractivity contribution in [2.75, 3.05) is 6.54 Å². The van der Waals surface area contributed by atoms with E-state index in [-0.39, 0.29) is 0 Å². The van der Waals surface area contributed by atoms with Gasteiger partial charge in [0.25, 0.3) is 0 Å². The van der Waals surface area contributed by atoms with Crippen molar-refractivity contribution >= 4 is 11.6 Å². The van der Waals surface area contributed by atoms with E-state index in [1.54, 1.807) is 6.20 Å². The molecule has 0 amide bonds. The standard InChI is InChI=1S/C15H25ClN2/c1-3-5-6-7-8-9-14(17-4-2)15-11-10-13(16)12-18-15/h10-12,14,17H,3-9H2,1-2H3.